The number of rotatable bonds is 5. The van der Waals surface area contributed by atoms with E-state index in [1.807, 2.05) is 43.3 Å². The van der Waals surface area contributed by atoms with Gasteiger partial charge in [0.1, 0.15) is 11.5 Å². The van der Waals surface area contributed by atoms with E-state index >= 15 is 0 Å². The van der Waals surface area contributed by atoms with Gasteiger partial charge < -0.3 is 20.1 Å². The first-order chi connectivity index (χ1) is 12.7. The number of carbonyl (C=O) groups excluding carboxylic acids is 1. The molecule has 0 saturated heterocycles. The van der Waals surface area contributed by atoms with Gasteiger partial charge in [0.2, 0.25) is 6.79 Å². The van der Waals surface area contributed by atoms with E-state index in [4.69, 9.17) is 9.47 Å². The number of amides is 1. The molecule has 0 aliphatic carbocycles. The van der Waals surface area contributed by atoms with Crippen LogP contribution in [0.5, 0.6) is 11.5 Å². The predicted octanol–water partition coefficient (Wildman–Crippen LogP) is 3.25. The minimum Gasteiger partial charge on any atom is -0.454 e. The van der Waals surface area contributed by atoms with E-state index in [2.05, 4.69) is 20.6 Å². The van der Waals surface area contributed by atoms with Crippen LogP contribution < -0.4 is 20.1 Å². The number of nitrogens with zero attached hydrogens (tertiary/aromatic N) is 2. The first-order valence-electron chi connectivity index (χ1n) is 8.00. The van der Waals surface area contributed by atoms with Crippen molar-refractivity contribution in [3.63, 3.8) is 0 Å². The summed E-state index contributed by atoms with van der Waals surface area (Å²) in [7, 11) is 0. The van der Waals surface area contributed by atoms with Gasteiger partial charge in [-0.3, -0.25) is 4.79 Å². The highest BCUT2D eigenvalue weighted by atomic mass is 32.1. The van der Waals surface area contributed by atoms with Crippen LogP contribution in [0.1, 0.15) is 21.7 Å². The van der Waals surface area contributed by atoms with Gasteiger partial charge in [0.25, 0.3) is 5.91 Å². The molecule has 2 N–H and O–H groups in total. The molecule has 0 radical (unpaired) electrons. The first kappa shape index (κ1) is 16.3. The van der Waals surface area contributed by atoms with Crippen molar-refractivity contribution in [2.45, 2.75) is 13.5 Å². The zero-order valence-electron chi connectivity index (χ0n) is 14.0. The summed E-state index contributed by atoms with van der Waals surface area (Å²) >= 11 is 1.36. The minimum atomic E-state index is -0.232. The van der Waals surface area contributed by atoms with Gasteiger partial charge in [-0.05, 0) is 36.8 Å². The Morgan fingerprint density at radius 2 is 2.08 bits per heavy atom. The maximum atomic E-state index is 12.3. The van der Waals surface area contributed by atoms with Crippen molar-refractivity contribution in [3.05, 3.63) is 58.7 Å². The maximum absolute atomic E-state index is 12.3. The lowest BCUT2D eigenvalue weighted by Gasteiger charge is -2.05. The molecule has 0 unspecified atom stereocenters. The van der Waals surface area contributed by atoms with E-state index in [0.29, 0.717) is 28.9 Å². The standard InChI is InChI=1S/C18H16N4O3S/c1-11-3-2-4-16(20-11)22-18-21-13(9-26-18)17(23)19-8-12-5-6-14-15(7-12)25-10-24-14/h2-7,9H,8,10H2,1H3,(H,19,23)(H,20,21,22). The van der Waals surface area contributed by atoms with Crippen LogP contribution in [-0.4, -0.2) is 22.7 Å². The van der Waals surface area contributed by atoms with Gasteiger partial charge >= 0.3 is 0 Å². The molecule has 1 aromatic carbocycles. The maximum Gasteiger partial charge on any atom is 0.271 e. The average molecular weight is 368 g/mol. The third-order valence-electron chi connectivity index (χ3n) is 3.75. The molecule has 0 bridgehead atoms. The van der Waals surface area contributed by atoms with Crippen molar-refractivity contribution < 1.29 is 14.3 Å². The second-order valence-corrected chi connectivity index (χ2v) is 6.56. The topological polar surface area (TPSA) is 85.4 Å². The summed E-state index contributed by atoms with van der Waals surface area (Å²) in [6.07, 6.45) is 0. The largest absolute Gasteiger partial charge is 0.454 e. The molecule has 132 valence electrons. The third-order valence-corrected chi connectivity index (χ3v) is 4.51. The SMILES string of the molecule is Cc1cccc(Nc2nc(C(=O)NCc3ccc4c(c3)OCO4)cs2)n1. The molecule has 1 aliphatic rings. The Morgan fingerprint density at radius 1 is 1.19 bits per heavy atom. The summed E-state index contributed by atoms with van der Waals surface area (Å²) in [6.45, 7) is 2.53. The second-order valence-electron chi connectivity index (χ2n) is 5.70. The Kier molecular flexibility index (Phi) is 4.40. The van der Waals surface area contributed by atoms with Crippen molar-refractivity contribution in [1.82, 2.24) is 15.3 Å². The number of benzene rings is 1. The number of aryl methyl sites for hydroxylation is 1. The number of fused-ring (bicyclic) bond motifs is 1. The Labute approximate surface area is 154 Å². The molecule has 4 rings (SSSR count). The van der Waals surface area contributed by atoms with Gasteiger partial charge in [0.15, 0.2) is 16.6 Å². The number of hydrogen-bond donors (Lipinski definition) is 2. The normalized spacial score (nSPS) is 12.0. The highest BCUT2D eigenvalue weighted by molar-refractivity contribution is 7.14. The van der Waals surface area contributed by atoms with Crippen LogP contribution in [0.4, 0.5) is 10.9 Å². The van der Waals surface area contributed by atoms with E-state index in [1.165, 1.54) is 11.3 Å². The fraction of sp³-hybridized carbons (Fsp3) is 0.167. The van der Waals surface area contributed by atoms with Crippen molar-refractivity contribution >= 4 is 28.2 Å². The predicted molar refractivity (Wildman–Crippen MR) is 98.1 cm³/mol. The van der Waals surface area contributed by atoms with Gasteiger partial charge in [-0.2, -0.15) is 0 Å². The molecule has 7 nitrogen and oxygen atoms in total. The summed E-state index contributed by atoms with van der Waals surface area (Å²) in [5.74, 6) is 1.89. The third kappa shape index (κ3) is 3.60. The van der Waals surface area contributed by atoms with Gasteiger partial charge in [-0.25, -0.2) is 9.97 Å². The van der Waals surface area contributed by atoms with Crippen LogP contribution >= 0.6 is 11.3 Å². The van der Waals surface area contributed by atoms with Gasteiger partial charge in [-0.15, -0.1) is 11.3 Å². The molecule has 1 aliphatic heterocycles. The van der Waals surface area contributed by atoms with E-state index < -0.39 is 0 Å². The van der Waals surface area contributed by atoms with Gasteiger partial charge in [-0.1, -0.05) is 12.1 Å². The number of nitrogens with one attached hydrogen (secondary N) is 2. The van der Waals surface area contributed by atoms with Crippen molar-refractivity contribution in [2.24, 2.45) is 0 Å². The van der Waals surface area contributed by atoms with Gasteiger partial charge in [0, 0.05) is 17.6 Å². The molecule has 3 aromatic rings. The number of pyridine rings is 1. The number of carbonyl (C=O) groups is 1. The lowest BCUT2D eigenvalue weighted by Crippen LogP contribution is -2.23. The highest BCUT2D eigenvalue weighted by Gasteiger charge is 2.15. The first-order valence-corrected chi connectivity index (χ1v) is 8.88. The number of ether oxygens (including phenoxy) is 2. The summed E-state index contributed by atoms with van der Waals surface area (Å²) in [5.41, 5.74) is 2.21. The number of thiazole rings is 1. The molecule has 26 heavy (non-hydrogen) atoms. The van der Waals surface area contributed by atoms with Crippen LogP contribution in [0, 0.1) is 6.92 Å². The molecule has 0 spiro atoms. The van der Waals surface area contributed by atoms with Crippen molar-refractivity contribution in [2.75, 3.05) is 12.1 Å². The Hall–Kier alpha value is -3.13. The molecule has 0 fully saturated rings. The Bertz CT molecular complexity index is 957. The monoisotopic (exact) mass is 368 g/mol. The smallest absolute Gasteiger partial charge is 0.271 e. The van der Waals surface area contributed by atoms with Crippen LogP contribution in [0.25, 0.3) is 0 Å². The molecule has 1 amide bonds. The molecular formula is C18H16N4O3S. The van der Waals surface area contributed by atoms with Crippen LogP contribution in [0.15, 0.2) is 41.8 Å². The number of aromatic nitrogens is 2. The fourth-order valence-electron chi connectivity index (χ4n) is 2.48. The average Bonchev–Trinajstić information content (AvgIpc) is 3.28. The number of anilines is 2. The summed E-state index contributed by atoms with van der Waals surface area (Å²) in [5, 5.41) is 8.30. The molecule has 0 atom stereocenters. The molecule has 0 saturated carbocycles. The Morgan fingerprint density at radius 3 is 2.96 bits per heavy atom. The molecule has 3 heterocycles. The lowest BCUT2D eigenvalue weighted by atomic mass is 10.2. The van der Waals surface area contributed by atoms with E-state index in [0.717, 1.165) is 17.0 Å². The van der Waals surface area contributed by atoms with E-state index in [9.17, 15) is 4.79 Å². The van der Waals surface area contributed by atoms with Crippen LogP contribution in [0.3, 0.4) is 0 Å². The summed E-state index contributed by atoms with van der Waals surface area (Å²) < 4.78 is 10.6. The van der Waals surface area contributed by atoms with E-state index in [-0.39, 0.29) is 12.7 Å². The Balaban J connectivity index is 1.37. The zero-order valence-corrected chi connectivity index (χ0v) is 14.8. The van der Waals surface area contributed by atoms with Gasteiger partial charge in [0.05, 0.1) is 0 Å². The fourth-order valence-corrected chi connectivity index (χ4v) is 3.18. The highest BCUT2D eigenvalue weighted by Crippen LogP contribution is 2.32. The minimum absolute atomic E-state index is 0.232. The quantitative estimate of drug-likeness (QED) is 0.719. The van der Waals surface area contributed by atoms with E-state index in [1.54, 1.807) is 5.38 Å². The zero-order chi connectivity index (χ0) is 17.9. The lowest BCUT2D eigenvalue weighted by molar-refractivity contribution is 0.0946. The van der Waals surface area contributed by atoms with Crippen LogP contribution in [0.2, 0.25) is 0 Å². The number of hydrogen-bond acceptors (Lipinski definition) is 7. The second kappa shape index (κ2) is 7.01. The van der Waals surface area contributed by atoms with Crippen molar-refractivity contribution in [3.8, 4) is 11.5 Å². The van der Waals surface area contributed by atoms with Crippen LogP contribution in [-0.2, 0) is 6.54 Å². The molecular weight excluding hydrogens is 352 g/mol. The summed E-state index contributed by atoms with van der Waals surface area (Å²) in [4.78, 5) is 21.0. The van der Waals surface area contributed by atoms with Crippen molar-refractivity contribution in [1.29, 1.82) is 0 Å². The molecule has 2 aromatic heterocycles. The summed E-state index contributed by atoms with van der Waals surface area (Å²) in [6, 6.07) is 11.3. The molecule has 8 heteroatoms.